The largest absolute Gasteiger partial charge is 0.507 e. The first kappa shape index (κ1) is 23.9. The summed E-state index contributed by atoms with van der Waals surface area (Å²) in [4.78, 5) is 27.0. The molecule has 32 heavy (non-hydrogen) atoms. The highest BCUT2D eigenvalue weighted by Crippen LogP contribution is 2.39. The van der Waals surface area contributed by atoms with E-state index in [1.54, 1.807) is 24.3 Å². The molecule has 0 aliphatic carbocycles. The van der Waals surface area contributed by atoms with E-state index in [1.165, 1.54) is 50.4 Å². The topological polar surface area (TPSA) is 104 Å². The molecule has 1 N–H and O–H groups in total. The Labute approximate surface area is 191 Å². The molecule has 0 aromatic heterocycles. The van der Waals surface area contributed by atoms with E-state index in [-0.39, 0.29) is 29.2 Å². The van der Waals surface area contributed by atoms with Gasteiger partial charge in [0.05, 0.1) is 23.1 Å². The third kappa shape index (κ3) is 4.42. The molecule has 0 spiro atoms. The average molecular weight is 479 g/mol. The molecule has 1 aliphatic heterocycles. The van der Waals surface area contributed by atoms with Crippen LogP contribution in [0.15, 0.2) is 59.0 Å². The molecule has 8 nitrogen and oxygen atoms in total. The zero-order valence-electron chi connectivity index (χ0n) is 17.8. The lowest BCUT2D eigenvalue weighted by Gasteiger charge is -2.25. The van der Waals surface area contributed by atoms with Gasteiger partial charge in [-0.2, -0.15) is 0 Å². The molecule has 2 aromatic carbocycles. The number of amides is 1. The number of hydrogen-bond donors (Lipinski definition) is 1. The van der Waals surface area contributed by atoms with E-state index in [4.69, 9.17) is 16.3 Å². The number of benzene rings is 2. The summed E-state index contributed by atoms with van der Waals surface area (Å²) in [6, 6.07) is 11.3. The highest BCUT2D eigenvalue weighted by molar-refractivity contribution is 7.89. The number of methoxy groups -OCH3 is 1. The highest BCUT2D eigenvalue weighted by Gasteiger charge is 2.45. The van der Waals surface area contributed by atoms with Crippen LogP contribution in [0.25, 0.3) is 5.76 Å². The molecule has 1 amide bonds. The maximum atomic E-state index is 12.9. The van der Waals surface area contributed by atoms with Crippen LogP contribution in [0.5, 0.6) is 0 Å². The molecule has 0 saturated carbocycles. The Kier molecular flexibility index (Phi) is 7.04. The normalized spacial score (nSPS) is 18.5. The van der Waals surface area contributed by atoms with Crippen LogP contribution >= 0.6 is 11.6 Å². The highest BCUT2D eigenvalue weighted by atomic mass is 35.5. The molecule has 1 heterocycles. The van der Waals surface area contributed by atoms with Crippen molar-refractivity contribution in [1.29, 1.82) is 0 Å². The van der Waals surface area contributed by atoms with Crippen LogP contribution in [0.3, 0.4) is 0 Å². The Morgan fingerprint density at radius 2 is 1.81 bits per heavy atom. The van der Waals surface area contributed by atoms with Gasteiger partial charge >= 0.3 is 0 Å². The van der Waals surface area contributed by atoms with Crippen LogP contribution in [0.1, 0.15) is 17.2 Å². The summed E-state index contributed by atoms with van der Waals surface area (Å²) in [6.07, 6.45) is 0. The first-order valence-electron chi connectivity index (χ1n) is 9.65. The van der Waals surface area contributed by atoms with Crippen LogP contribution in [-0.4, -0.2) is 68.8 Å². The smallest absolute Gasteiger partial charge is 0.295 e. The number of likely N-dealkylation sites (tertiary alicyclic amines) is 1. The van der Waals surface area contributed by atoms with Gasteiger partial charge < -0.3 is 14.7 Å². The maximum absolute atomic E-state index is 12.9. The minimum absolute atomic E-state index is 0.0333. The minimum Gasteiger partial charge on any atom is -0.507 e. The van der Waals surface area contributed by atoms with E-state index in [1.807, 2.05) is 0 Å². The number of Topliss-reactive ketones (excluding diaryl/α,β-unsaturated/α-hetero) is 1. The van der Waals surface area contributed by atoms with Crippen molar-refractivity contribution in [2.45, 2.75) is 10.9 Å². The van der Waals surface area contributed by atoms with Gasteiger partial charge in [-0.15, -0.1) is 0 Å². The maximum Gasteiger partial charge on any atom is 0.295 e. The second-order valence-corrected chi connectivity index (χ2v) is 9.94. The molecule has 0 bridgehead atoms. The first-order valence-corrected chi connectivity index (χ1v) is 11.5. The number of carbonyl (C=O) groups is 2. The Balaban J connectivity index is 2.13. The molecule has 1 unspecified atom stereocenters. The Bertz CT molecular complexity index is 1180. The van der Waals surface area contributed by atoms with Crippen molar-refractivity contribution in [2.75, 3.05) is 34.4 Å². The molecular weight excluding hydrogens is 456 g/mol. The quantitative estimate of drug-likeness (QED) is 0.372. The predicted molar refractivity (Wildman–Crippen MR) is 120 cm³/mol. The summed E-state index contributed by atoms with van der Waals surface area (Å²) in [7, 11) is 0.648. The van der Waals surface area contributed by atoms with Crippen molar-refractivity contribution >= 4 is 39.1 Å². The fourth-order valence-electron chi connectivity index (χ4n) is 3.47. The number of nitrogens with zero attached hydrogens (tertiary/aromatic N) is 2. The SMILES string of the molecule is COCCN1C(=O)C(=O)/C(=C(/O)c2ccc(S(=O)(=O)N(C)C)cc2)C1c1cccc(Cl)c1. The van der Waals surface area contributed by atoms with Crippen LogP contribution in [0, 0.1) is 0 Å². The summed E-state index contributed by atoms with van der Waals surface area (Å²) in [6.45, 7) is 0.330. The summed E-state index contributed by atoms with van der Waals surface area (Å²) < 4.78 is 30.7. The number of carbonyl (C=O) groups excluding carboxylic acids is 2. The number of ether oxygens (including phenoxy) is 1. The number of hydrogen-bond acceptors (Lipinski definition) is 6. The monoisotopic (exact) mass is 478 g/mol. The number of aliphatic hydroxyl groups excluding tert-OH is 1. The van der Waals surface area contributed by atoms with Gasteiger partial charge in [-0.1, -0.05) is 23.7 Å². The third-order valence-corrected chi connectivity index (χ3v) is 7.21. The van der Waals surface area contributed by atoms with Crippen molar-refractivity contribution in [3.8, 4) is 0 Å². The van der Waals surface area contributed by atoms with Crippen LogP contribution in [0.4, 0.5) is 0 Å². The molecule has 1 saturated heterocycles. The molecule has 1 aliphatic rings. The average Bonchev–Trinajstić information content (AvgIpc) is 3.02. The van der Waals surface area contributed by atoms with E-state index < -0.39 is 33.5 Å². The first-order chi connectivity index (χ1) is 15.1. The summed E-state index contributed by atoms with van der Waals surface area (Å²) in [5.41, 5.74) is 0.664. The Hall–Kier alpha value is -2.72. The Morgan fingerprint density at radius 3 is 2.38 bits per heavy atom. The zero-order chi connectivity index (χ0) is 23.6. The van der Waals surface area contributed by atoms with Gasteiger partial charge in [0.2, 0.25) is 10.0 Å². The van der Waals surface area contributed by atoms with Gasteiger partial charge in [-0.25, -0.2) is 12.7 Å². The van der Waals surface area contributed by atoms with Crippen molar-refractivity contribution in [2.24, 2.45) is 0 Å². The zero-order valence-corrected chi connectivity index (χ0v) is 19.4. The van der Waals surface area contributed by atoms with Crippen molar-refractivity contribution in [3.63, 3.8) is 0 Å². The second kappa shape index (κ2) is 9.41. The molecule has 1 fully saturated rings. The molecule has 3 rings (SSSR count). The molecule has 170 valence electrons. The van der Waals surface area contributed by atoms with Gasteiger partial charge in [0, 0.05) is 38.3 Å². The van der Waals surface area contributed by atoms with Gasteiger partial charge in [0.1, 0.15) is 5.76 Å². The standard InChI is InChI=1S/C22H23ClN2O6S/c1-24(2)32(29,30)17-9-7-14(8-10-17)20(26)18-19(15-5-4-6-16(23)13-15)25(11-12-31-3)22(28)21(18)27/h4-10,13,19,26H,11-12H2,1-3H3/b20-18+. The van der Waals surface area contributed by atoms with Crippen molar-refractivity contribution in [3.05, 3.63) is 70.3 Å². The molecule has 1 atom stereocenters. The lowest BCUT2D eigenvalue weighted by atomic mass is 9.95. The summed E-state index contributed by atoms with van der Waals surface area (Å²) >= 11 is 6.13. The van der Waals surface area contributed by atoms with Crippen molar-refractivity contribution in [1.82, 2.24) is 9.21 Å². The predicted octanol–water partition coefficient (Wildman–Crippen LogP) is 2.66. The summed E-state index contributed by atoms with van der Waals surface area (Å²) in [5.74, 6) is -2.00. The molecule has 2 aromatic rings. The fourth-order valence-corrected chi connectivity index (χ4v) is 4.57. The van der Waals surface area contributed by atoms with E-state index in [2.05, 4.69) is 0 Å². The van der Waals surface area contributed by atoms with Gasteiger partial charge in [-0.05, 0) is 42.0 Å². The van der Waals surface area contributed by atoms with E-state index in [0.717, 1.165) is 4.31 Å². The van der Waals surface area contributed by atoms with Crippen LogP contribution in [-0.2, 0) is 24.3 Å². The van der Waals surface area contributed by atoms with Crippen LogP contribution < -0.4 is 0 Å². The lowest BCUT2D eigenvalue weighted by Crippen LogP contribution is -2.32. The lowest BCUT2D eigenvalue weighted by molar-refractivity contribution is -0.140. The fraction of sp³-hybridized carbons (Fsp3) is 0.273. The molecule has 0 radical (unpaired) electrons. The summed E-state index contributed by atoms with van der Waals surface area (Å²) in [5, 5.41) is 11.4. The Morgan fingerprint density at radius 1 is 1.16 bits per heavy atom. The van der Waals surface area contributed by atoms with Gasteiger partial charge in [-0.3, -0.25) is 9.59 Å². The van der Waals surface area contributed by atoms with Gasteiger partial charge in [0.15, 0.2) is 0 Å². The molecular formula is C22H23ClN2O6S. The molecule has 10 heteroatoms. The number of aliphatic hydroxyl groups is 1. The van der Waals surface area contributed by atoms with E-state index in [9.17, 15) is 23.1 Å². The number of halogens is 1. The number of sulfonamides is 1. The number of rotatable bonds is 7. The van der Waals surface area contributed by atoms with Gasteiger partial charge in [0.25, 0.3) is 11.7 Å². The second-order valence-electron chi connectivity index (χ2n) is 7.35. The van der Waals surface area contributed by atoms with Crippen molar-refractivity contribution < 1.29 is 27.9 Å². The third-order valence-electron chi connectivity index (χ3n) is 5.15. The van der Waals surface area contributed by atoms with E-state index >= 15 is 0 Å². The van der Waals surface area contributed by atoms with E-state index in [0.29, 0.717) is 10.6 Å². The number of ketones is 1. The minimum atomic E-state index is -3.66. The van der Waals surface area contributed by atoms with Crippen LogP contribution in [0.2, 0.25) is 5.02 Å².